The van der Waals surface area contributed by atoms with Gasteiger partial charge in [0.25, 0.3) is 0 Å². The number of pyridine rings is 1. The Bertz CT molecular complexity index is 1120. The van der Waals surface area contributed by atoms with Crippen LogP contribution in [0.2, 0.25) is 0 Å². The first-order valence-electron chi connectivity index (χ1n) is 9.52. The number of anilines is 3. The molecule has 10 heteroatoms. The Kier molecular flexibility index (Phi) is 4.32. The Labute approximate surface area is 167 Å². The van der Waals surface area contributed by atoms with Crippen LogP contribution in [0.15, 0.2) is 43.1 Å². The van der Waals surface area contributed by atoms with Crippen LogP contribution < -0.4 is 10.2 Å². The number of hydrogen-bond donors (Lipinski definition) is 1. The number of piperazine rings is 1. The van der Waals surface area contributed by atoms with Gasteiger partial charge in [0.2, 0.25) is 5.95 Å². The van der Waals surface area contributed by atoms with Gasteiger partial charge in [0, 0.05) is 45.0 Å². The molecule has 1 saturated heterocycles. The fraction of sp³-hybridized carbons (Fsp3) is 0.316. The number of nitrogens with zero attached hydrogens (tertiary/aromatic N) is 9. The Morgan fingerprint density at radius 2 is 1.83 bits per heavy atom. The second kappa shape index (κ2) is 7.13. The van der Waals surface area contributed by atoms with E-state index >= 15 is 0 Å². The minimum atomic E-state index is 0.497. The summed E-state index contributed by atoms with van der Waals surface area (Å²) in [6, 6.07) is 4.04. The van der Waals surface area contributed by atoms with Gasteiger partial charge >= 0.3 is 0 Å². The number of nitrogens with one attached hydrogen (secondary N) is 1. The van der Waals surface area contributed by atoms with Crippen molar-refractivity contribution in [2.75, 3.05) is 43.4 Å². The summed E-state index contributed by atoms with van der Waals surface area (Å²) < 4.78 is 3.51. The van der Waals surface area contributed by atoms with Crippen LogP contribution in [0, 0.1) is 0 Å². The zero-order valence-electron chi connectivity index (χ0n) is 16.4. The lowest BCUT2D eigenvalue weighted by Crippen LogP contribution is -2.44. The van der Waals surface area contributed by atoms with E-state index in [4.69, 9.17) is 0 Å². The Morgan fingerprint density at radius 3 is 2.55 bits per heavy atom. The molecule has 0 aromatic carbocycles. The van der Waals surface area contributed by atoms with Crippen molar-refractivity contribution in [1.82, 2.24) is 39.2 Å². The highest BCUT2D eigenvalue weighted by Crippen LogP contribution is 2.21. The Balaban J connectivity index is 1.36. The van der Waals surface area contributed by atoms with Crippen molar-refractivity contribution < 1.29 is 0 Å². The van der Waals surface area contributed by atoms with Crippen molar-refractivity contribution in [2.45, 2.75) is 0 Å². The quantitative estimate of drug-likeness (QED) is 0.559. The van der Waals surface area contributed by atoms with E-state index in [2.05, 4.69) is 47.3 Å². The van der Waals surface area contributed by atoms with E-state index in [1.54, 1.807) is 27.8 Å². The summed E-state index contributed by atoms with van der Waals surface area (Å²) in [5.74, 6) is 1.49. The second-order valence-electron chi connectivity index (χ2n) is 7.22. The standard InChI is InChI=1S/C19H22N10/c1-26-5-7-28(8-6-26)17-4-3-15(10-21-17)23-19-24-18-12-20-11-16(29(18)25-19)14-9-22-27(2)13-14/h3-4,9-13H,5-8H2,1-2H3,(H,23,25). The summed E-state index contributed by atoms with van der Waals surface area (Å²) >= 11 is 0. The number of aromatic nitrogens is 7. The van der Waals surface area contributed by atoms with Gasteiger partial charge in [-0.2, -0.15) is 10.1 Å². The van der Waals surface area contributed by atoms with Gasteiger partial charge in [-0.3, -0.25) is 9.67 Å². The molecule has 0 spiro atoms. The Hall–Kier alpha value is -3.53. The fourth-order valence-electron chi connectivity index (χ4n) is 3.43. The van der Waals surface area contributed by atoms with Crippen LogP contribution >= 0.6 is 0 Å². The van der Waals surface area contributed by atoms with Gasteiger partial charge < -0.3 is 15.1 Å². The molecule has 4 aromatic rings. The summed E-state index contributed by atoms with van der Waals surface area (Å²) in [7, 11) is 4.03. The molecular weight excluding hydrogens is 368 g/mol. The van der Waals surface area contributed by atoms with Crippen molar-refractivity contribution in [3.05, 3.63) is 43.1 Å². The molecule has 0 unspecified atom stereocenters. The molecule has 0 radical (unpaired) electrons. The van der Waals surface area contributed by atoms with E-state index < -0.39 is 0 Å². The third kappa shape index (κ3) is 3.49. The molecule has 0 bridgehead atoms. The molecule has 5 rings (SSSR count). The van der Waals surface area contributed by atoms with E-state index in [9.17, 15) is 0 Å². The molecule has 0 aliphatic carbocycles. The summed E-state index contributed by atoms with van der Waals surface area (Å²) in [6.45, 7) is 4.10. The molecule has 0 amide bonds. The molecule has 1 aliphatic heterocycles. The first kappa shape index (κ1) is 17.6. The monoisotopic (exact) mass is 390 g/mol. The highest BCUT2D eigenvalue weighted by Gasteiger charge is 2.15. The van der Waals surface area contributed by atoms with Gasteiger partial charge in [-0.05, 0) is 19.2 Å². The van der Waals surface area contributed by atoms with Gasteiger partial charge in [-0.25, -0.2) is 9.50 Å². The predicted molar refractivity (Wildman–Crippen MR) is 110 cm³/mol. The van der Waals surface area contributed by atoms with E-state index in [1.807, 2.05) is 31.6 Å². The summed E-state index contributed by atoms with van der Waals surface area (Å²) in [5.41, 5.74) is 3.27. The minimum absolute atomic E-state index is 0.497. The van der Waals surface area contributed by atoms with E-state index in [0.717, 1.165) is 48.9 Å². The summed E-state index contributed by atoms with van der Waals surface area (Å²) in [5, 5.41) is 12.0. The van der Waals surface area contributed by atoms with Crippen LogP contribution in [-0.2, 0) is 7.05 Å². The molecule has 0 saturated carbocycles. The van der Waals surface area contributed by atoms with Crippen LogP contribution in [0.4, 0.5) is 17.5 Å². The molecule has 5 heterocycles. The average Bonchev–Trinajstić information content (AvgIpc) is 3.34. The maximum atomic E-state index is 4.60. The normalized spacial score (nSPS) is 15.2. The first-order chi connectivity index (χ1) is 14.2. The van der Waals surface area contributed by atoms with Crippen LogP contribution in [0.25, 0.3) is 16.9 Å². The number of aryl methyl sites for hydroxylation is 1. The molecule has 1 N–H and O–H groups in total. The van der Waals surface area contributed by atoms with Crippen molar-refractivity contribution in [2.24, 2.45) is 7.05 Å². The molecule has 1 aliphatic rings. The minimum Gasteiger partial charge on any atom is -0.354 e. The van der Waals surface area contributed by atoms with Gasteiger partial charge in [0.15, 0.2) is 5.65 Å². The zero-order chi connectivity index (χ0) is 19.8. The number of hydrogen-bond acceptors (Lipinski definition) is 8. The molecule has 0 atom stereocenters. The molecular formula is C19H22N10. The lowest BCUT2D eigenvalue weighted by Gasteiger charge is -2.33. The number of likely N-dealkylation sites (N-methyl/N-ethyl adjacent to an activating group) is 1. The zero-order valence-corrected chi connectivity index (χ0v) is 16.4. The van der Waals surface area contributed by atoms with Crippen molar-refractivity contribution >= 4 is 23.1 Å². The van der Waals surface area contributed by atoms with Crippen molar-refractivity contribution in [1.29, 1.82) is 0 Å². The van der Waals surface area contributed by atoms with Crippen LogP contribution in [0.3, 0.4) is 0 Å². The van der Waals surface area contributed by atoms with Crippen molar-refractivity contribution in [3.63, 3.8) is 0 Å². The second-order valence-corrected chi connectivity index (χ2v) is 7.22. The van der Waals surface area contributed by atoms with E-state index in [0.29, 0.717) is 11.6 Å². The maximum absolute atomic E-state index is 4.60. The van der Waals surface area contributed by atoms with Gasteiger partial charge in [0.05, 0.1) is 36.2 Å². The molecule has 29 heavy (non-hydrogen) atoms. The van der Waals surface area contributed by atoms with Crippen LogP contribution in [0.5, 0.6) is 0 Å². The SMILES string of the molecule is CN1CCN(c2ccc(Nc3nc4cncc(-c5cnn(C)c5)n4n3)cn2)CC1. The Morgan fingerprint density at radius 1 is 0.966 bits per heavy atom. The lowest BCUT2D eigenvalue weighted by atomic mass is 10.3. The van der Waals surface area contributed by atoms with Gasteiger partial charge in [-0.15, -0.1) is 5.10 Å². The number of rotatable bonds is 4. The smallest absolute Gasteiger partial charge is 0.247 e. The average molecular weight is 390 g/mol. The third-order valence-corrected chi connectivity index (χ3v) is 5.08. The number of fused-ring (bicyclic) bond motifs is 1. The van der Waals surface area contributed by atoms with Crippen LogP contribution in [0.1, 0.15) is 0 Å². The van der Waals surface area contributed by atoms with Gasteiger partial charge in [0.1, 0.15) is 5.82 Å². The van der Waals surface area contributed by atoms with Crippen molar-refractivity contribution in [3.8, 4) is 11.3 Å². The fourth-order valence-corrected chi connectivity index (χ4v) is 3.43. The largest absolute Gasteiger partial charge is 0.354 e. The topological polar surface area (TPSA) is 92.3 Å². The highest BCUT2D eigenvalue weighted by molar-refractivity contribution is 5.62. The van der Waals surface area contributed by atoms with Gasteiger partial charge in [-0.1, -0.05) is 0 Å². The molecule has 10 nitrogen and oxygen atoms in total. The lowest BCUT2D eigenvalue weighted by molar-refractivity contribution is 0.312. The van der Waals surface area contributed by atoms with Crippen LogP contribution in [-0.4, -0.2) is 72.5 Å². The van der Waals surface area contributed by atoms with E-state index in [1.165, 1.54) is 0 Å². The highest BCUT2D eigenvalue weighted by atomic mass is 15.4. The third-order valence-electron chi connectivity index (χ3n) is 5.08. The summed E-state index contributed by atoms with van der Waals surface area (Å²) in [4.78, 5) is 18.0. The predicted octanol–water partition coefficient (Wildman–Crippen LogP) is 1.42. The van der Waals surface area contributed by atoms with E-state index in [-0.39, 0.29) is 0 Å². The molecule has 1 fully saturated rings. The summed E-state index contributed by atoms with van der Waals surface area (Å²) in [6.07, 6.45) is 8.97. The maximum Gasteiger partial charge on any atom is 0.247 e. The first-order valence-corrected chi connectivity index (χ1v) is 9.52. The molecule has 148 valence electrons. The molecule has 4 aromatic heterocycles.